The van der Waals surface area contributed by atoms with Crippen molar-refractivity contribution >= 4 is 26.7 Å². The third-order valence-electron chi connectivity index (χ3n) is 6.59. The van der Waals surface area contributed by atoms with Gasteiger partial charge in [-0.1, -0.05) is 0 Å². The van der Waals surface area contributed by atoms with Crippen LogP contribution in [0.5, 0.6) is 0 Å². The first-order chi connectivity index (χ1) is 11.6. The molecule has 0 spiro atoms. The Balaban J connectivity index is 5.21. The topological polar surface area (TPSA) is 9.23 Å². The summed E-state index contributed by atoms with van der Waals surface area (Å²) in [6.45, 7) is 21.3. The monoisotopic (exact) mass is 476 g/mol. The Bertz CT molecular complexity index is 349. The molecule has 0 aliphatic rings. The SMILES string of the molecule is CCC[CH2][Sn]([CH2]CCC)([CH2]CCC)[CH](C)/C=C/O[Si](C)(C)C(C)(C)C. The van der Waals surface area contributed by atoms with E-state index in [0.717, 1.165) is 3.93 Å². The van der Waals surface area contributed by atoms with Crippen molar-refractivity contribution in [2.45, 2.75) is 122 Å². The van der Waals surface area contributed by atoms with E-state index < -0.39 is 26.7 Å². The van der Waals surface area contributed by atoms with E-state index >= 15 is 0 Å². The number of hydrogen-bond donors (Lipinski definition) is 0. The fraction of sp³-hybridized carbons (Fsp3) is 0.909. The van der Waals surface area contributed by atoms with E-state index in [4.69, 9.17) is 4.43 Å². The van der Waals surface area contributed by atoms with Gasteiger partial charge in [0.15, 0.2) is 0 Å². The average molecular weight is 475 g/mol. The molecule has 0 bridgehead atoms. The first kappa shape index (κ1) is 25.6. The first-order valence-corrected chi connectivity index (χ1v) is 21.5. The second-order valence-electron chi connectivity index (χ2n) is 9.67. The van der Waals surface area contributed by atoms with Gasteiger partial charge in [-0.15, -0.1) is 0 Å². The number of rotatable bonds is 13. The summed E-state index contributed by atoms with van der Waals surface area (Å²) in [5, 5.41) is 0.285. The van der Waals surface area contributed by atoms with Gasteiger partial charge in [0.25, 0.3) is 0 Å². The molecule has 3 heteroatoms. The zero-order valence-corrected chi connectivity index (χ0v) is 22.9. The predicted octanol–water partition coefficient (Wildman–Crippen LogP) is 8.76. The Morgan fingerprint density at radius 1 is 0.880 bits per heavy atom. The van der Waals surface area contributed by atoms with Gasteiger partial charge >= 0.3 is 166 Å². The molecule has 0 heterocycles. The molecular formula is C22H48OSiSn. The van der Waals surface area contributed by atoms with Crippen LogP contribution in [0.15, 0.2) is 12.3 Å². The molecule has 0 aromatic carbocycles. The van der Waals surface area contributed by atoms with Crippen LogP contribution in [-0.4, -0.2) is 26.7 Å². The number of hydrogen-bond acceptors (Lipinski definition) is 1. The van der Waals surface area contributed by atoms with Crippen molar-refractivity contribution in [3.63, 3.8) is 0 Å². The summed E-state index contributed by atoms with van der Waals surface area (Å²) in [6.07, 6.45) is 13.0. The fourth-order valence-electron chi connectivity index (χ4n) is 3.35. The molecule has 0 aliphatic carbocycles. The van der Waals surface area contributed by atoms with Gasteiger partial charge in [0.05, 0.1) is 0 Å². The molecule has 0 fully saturated rings. The summed E-state index contributed by atoms with van der Waals surface area (Å²) in [5.74, 6) is 0. The van der Waals surface area contributed by atoms with Crippen LogP contribution in [0.1, 0.15) is 87.0 Å². The molecule has 0 aromatic rings. The van der Waals surface area contributed by atoms with Gasteiger partial charge in [-0.05, 0) is 0 Å². The van der Waals surface area contributed by atoms with Crippen molar-refractivity contribution < 1.29 is 4.43 Å². The first-order valence-electron chi connectivity index (χ1n) is 10.9. The molecule has 0 aromatic heterocycles. The van der Waals surface area contributed by atoms with Crippen molar-refractivity contribution in [1.82, 2.24) is 0 Å². The molecule has 1 atom stereocenters. The van der Waals surface area contributed by atoms with Crippen molar-refractivity contribution in [3.8, 4) is 0 Å². The van der Waals surface area contributed by atoms with Crippen LogP contribution in [0.4, 0.5) is 0 Å². The van der Waals surface area contributed by atoms with Crippen molar-refractivity contribution in [1.29, 1.82) is 0 Å². The Labute approximate surface area is 165 Å². The van der Waals surface area contributed by atoms with Crippen molar-refractivity contribution in [3.05, 3.63) is 12.3 Å². The van der Waals surface area contributed by atoms with Crippen LogP contribution in [0.25, 0.3) is 0 Å². The fourth-order valence-corrected chi connectivity index (χ4v) is 20.6. The maximum atomic E-state index is 6.37. The van der Waals surface area contributed by atoms with Gasteiger partial charge in [0, 0.05) is 0 Å². The van der Waals surface area contributed by atoms with Gasteiger partial charge in [-0.2, -0.15) is 0 Å². The van der Waals surface area contributed by atoms with Crippen LogP contribution in [0.2, 0.25) is 35.4 Å². The second-order valence-corrected chi connectivity index (χ2v) is 29.1. The predicted molar refractivity (Wildman–Crippen MR) is 122 cm³/mol. The van der Waals surface area contributed by atoms with E-state index in [1.807, 2.05) is 0 Å². The third-order valence-corrected chi connectivity index (χ3v) is 28.5. The molecule has 0 rings (SSSR count). The molecule has 1 nitrogen and oxygen atoms in total. The standard InChI is InChI=1S/C10H21OSi.3C4H9.Sn/c1-7-8-9-11-12(5,6)10(2,3)4;3*1-3-4-2;/h7-9H,1-6H3;3*1,3-4H2,2H3;/b9-8+;;;;. The molecule has 25 heavy (non-hydrogen) atoms. The zero-order chi connectivity index (χ0) is 19.6. The number of allylic oxidation sites excluding steroid dienone is 1. The summed E-state index contributed by atoms with van der Waals surface area (Å²) in [5.41, 5.74) is 0. The summed E-state index contributed by atoms with van der Waals surface area (Å²) >= 11 is -2.14. The molecule has 0 saturated carbocycles. The number of unbranched alkanes of at least 4 members (excludes halogenated alkanes) is 3. The molecular weight excluding hydrogens is 427 g/mol. The molecule has 1 unspecified atom stereocenters. The minimum absolute atomic E-state index is 0.285. The van der Waals surface area contributed by atoms with Gasteiger partial charge in [-0.3, -0.25) is 0 Å². The van der Waals surface area contributed by atoms with Crippen LogP contribution < -0.4 is 0 Å². The summed E-state index contributed by atoms with van der Waals surface area (Å²) in [4.78, 5) is 0. The van der Waals surface area contributed by atoms with Crippen LogP contribution in [0.3, 0.4) is 0 Å². The van der Waals surface area contributed by atoms with Gasteiger partial charge in [-0.25, -0.2) is 0 Å². The Hall–Kier alpha value is 0.556. The molecule has 0 saturated heterocycles. The van der Waals surface area contributed by atoms with Gasteiger partial charge < -0.3 is 0 Å². The van der Waals surface area contributed by atoms with Crippen LogP contribution in [0, 0.1) is 0 Å². The van der Waals surface area contributed by atoms with Crippen LogP contribution >= 0.6 is 0 Å². The normalized spacial score (nSPS) is 14.9. The molecule has 150 valence electrons. The summed E-state index contributed by atoms with van der Waals surface area (Å²) in [7, 11) is -1.67. The van der Waals surface area contributed by atoms with Crippen molar-refractivity contribution in [2.24, 2.45) is 0 Å². The zero-order valence-electron chi connectivity index (χ0n) is 19.0. The van der Waals surface area contributed by atoms with Gasteiger partial charge in [0.2, 0.25) is 0 Å². The Morgan fingerprint density at radius 3 is 1.60 bits per heavy atom. The minimum atomic E-state index is -2.14. The average Bonchev–Trinajstić information content (AvgIpc) is 2.53. The van der Waals surface area contributed by atoms with Crippen LogP contribution in [-0.2, 0) is 4.43 Å². The Kier molecular flexibility index (Phi) is 12.4. The third kappa shape index (κ3) is 8.86. The van der Waals surface area contributed by atoms with E-state index in [1.165, 1.54) is 38.5 Å². The second kappa shape index (κ2) is 12.1. The quantitative estimate of drug-likeness (QED) is 0.191. The molecule has 0 radical (unpaired) electrons. The van der Waals surface area contributed by atoms with Gasteiger partial charge in [0.1, 0.15) is 0 Å². The molecule has 0 N–H and O–H groups in total. The Morgan fingerprint density at radius 2 is 1.28 bits per heavy atom. The van der Waals surface area contributed by atoms with E-state index in [2.05, 4.69) is 73.9 Å². The summed E-state index contributed by atoms with van der Waals surface area (Å²) in [6, 6.07) is 0. The maximum absolute atomic E-state index is 6.37. The summed E-state index contributed by atoms with van der Waals surface area (Å²) < 4.78 is 11.9. The van der Waals surface area contributed by atoms with E-state index in [1.54, 1.807) is 13.3 Å². The molecule has 0 amide bonds. The van der Waals surface area contributed by atoms with Crippen molar-refractivity contribution in [2.75, 3.05) is 0 Å². The van der Waals surface area contributed by atoms with E-state index in [9.17, 15) is 0 Å². The van der Waals surface area contributed by atoms with E-state index in [-0.39, 0.29) is 5.04 Å². The molecule has 0 aliphatic heterocycles. The van der Waals surface area contributed by atoms with E-state index in [0.29, 0.717) is 0 Å².